The maximum Gasteiger partial charge on any atom is 0.141 e. The van der Waals surface area contributed by atoms with Gasteiger partial charge in [-0.1, -0.05) is 25.1 Å². The van der Waals surface area contributed by atoms with Gasteiger partial charge in [-0.15, -0.1) is 11.3 Å². The minimum atomic E-state index is 0.766. The topological polar surface area (TPSA) is 55.0 Å². The standard InChI is InChI=1S/C16H18N4S/c1-2-8-20(10-12-5-3-4-6-14(12)17)15-13-7-9-21-16(13)19-11-18-15/h3-7,9,11H,2,8,10,17H2,1H3. The minimum absolute atomic E-state index is 0.766. The van der Waals surface area contributed by atoms with Crippen LogP contribution in [0.25, 0.3) is 10.2 Å². The fraction of sp³-hybridized carbons (Fsp3) is 0.250. The zero-order valence-electron chi connectivity index (χ0n) is 12.0. The number of hydrogen-bond acceptors (Lipinski definition) is 5. The van der Waals surface area contributed by atoms with Crippen LogP contribution in [0.2, 0.25) is 0 Å². The Balaban J connectivity index is 1.98. The highest BCUT2D eigenvalue weighted by molar-refractivity contribution is 7.16. The summed E-state index contributed by atoms with van der Waals surface area (Å²) in [5.41, 5.74) is 8.04. The van der Waals surface area contributed by atoms with E-state index in [0.29, 0.717) is 0 Å². The molecular weight excluding hydrogens is 280 g/mol. The lowest BCUT2D eigenvalue weighted by molar-refractivity contribution is 0.758. The molecule has 3 aromatic rings. The van der Waals surface area contributed by atoms with Crippen LogP contribution >= 0.6 is 11.3 Å². The van der Waals surface area contributed by atoms with Crippen molar-refractivity contribution in [2.45, 2.75) is 19.9 Å². The van der Waals surface area contributed by atoms with Gasteiger partial charge in [-0.2, -0.15) is 0 Å². The number of hydrogen-bond donors (Lipinski definition) is 1. The number of thiophene rings is 1. The lowest BCUT2D eigenvalue weighted by Gasteiger charge is -2.24. The molecule has 0 aliphatic rings. The highest BCUT2D eigenvalue weighted by Crippen LogP contribution is 2.28. The van der Waals surface area contributed by atoms with Gasteiger partial charge in [0.05, 0.1) is 5.39 Å². The van der Waals surface area contributed by atoms with Crippen LogP contribution in [-0.4, -0.2) is 16.5 Å². The molecule has 21 heavy (non-hydrogen) atoms. The molecule has 0 saturated carbocycles. The predicted octanol–water partition coefficient (Wildman–Crippen LogP) is 3.69. The lowest BCUT2D eigenvalue weighted by atomic mass is 10.1. The van der Waals surface area contributed by atoms with Gasteiger partial charge in [0, 0.05) is 18.8 Å². The number of nitrogen functional groups attached to an aromatic ring is 1. The summed E-state index contributed by atoms with van der Waals surface area (Å²) in [5, 5.41) is 3.18. The molecular formula is C16H18N4S. The second kappa shape index (κ2) is 6.10. The molecule has 0 saturated heterocycles. The van der Waals surface area contributed by atoms with E-state index in [1.807, 2.05) is 18.2 Å². The molecule has 0 fully saturated rings. The van der Waals surface area contributed by atoms with Crippen molar-refractivity contribution in [3.8, 4) is 0 Å². The Bertz CT molecular complexity index is 738. The van der Waals surface area contributed by atoms with E-state index in [0.717, 1.165) is 46.8 Å². The third-order valence-electron chi connectivity index (χ3n) is 3.45. The summed E-state index contributed by atoms with van der Waals surface area (Å²) in [6.45, 7) is 3.88. The fourth-order valence-corrected chi connectivity index (χ4v) is 3.17. The van der Waals surface area contributed by atoms with Gasteiger partial charge in [0.2, 0.25) is 0 Å². The average molecular weight is 298 g/mol. The number of benzene rings is 1. The zero-order valence-corrected chi connectivity index (χ0v) is 12.8. The first kappa shape index (κ1) is 13.8. The normalized spacial score (nSPS) is 10.9. The number of rotatable bonds is 5. The van der Waals surface area contributed by atoms with Crippen LogP contribution in [0.1, 0.15) is 18.9 Å². The minimum Gasteiger partial charge on any atom is -0.398 e. The van der Waals surface area contributed by atoms with Crippen LogP contribution < -0.4 is 10.6 Å². The number of anilines is 2. The van der Waals surface area contributed by atoms with Gasteiger partial charge in [0.1, 0.15) is 17.0 Å². The zero-order chi connectivity index (χ0) is 14.7. The molecule has 0 radical (unpaired) electrons. The number of para-hydroxylation sites is 1. The first-order chi connectivity index (χ1) is 10.3. The van der Waals surface area contributed by atoms with Crippen molar-refractivity contribution < 1.29 is 0 Å². The second-order valence-corrected chi connectivity index (χ2v) is 5.85. The molecule has 0 spiro atoms. The molecule has 0 atom stereocenters. The third kappa shape index (κ3) is 2.83. The van der Waals surface area contributed by atoms with Crippen molar-refractivity contribution in [1.82, 2.24) is 9.97 Å². The van der Waals surface area contributed by atoms with E-state index < -0.39 is 0 Å². The van der Waals surface area contributed by atoms with E-state index >= 15 is 0 Å². The summed E-state index contributed by atoms with van der Waals surface area (Å²) in [6.07, 6.45) is 2.70. The SMILES string of the molecule is CCCN(Cc1ccccc1N)c1ncnc2sccc12. The Morgan fingerprint density at radius 3 is 2.86 bits per heavy atom. The Labute approximate surface area is 128 Å². The molecule has 2 heterocycles. The molecule has 0 aliphatic carbocycles. The Morgan fingerprint density at radius 2 is 2.05 bits per heavy atom. The van der Waals surface area contributed by atoms with Gasteiger partial charge in [-0.25, -0.2) is 9.97 Å². The molecule has 0 unspecified atom stereocenters. The molecule has 5 heteroatoms. The van der Waals surface area contributed by atoms with Gasteiger partial charge >= 0.3 is 0 Å². The van der Waals surface area contributed by atoms with Crippen molar-refractivity contribution >= 4 is 33.1 Å². The summed E-state index contributed by atoms with van der Waals surface area (Å²) in [6, 6.07) is 10.1. The number of nitrogens with two attached hydrogens (primary N) is 1. The molecule has 108 valence electrons. The Hall–Kier alpha value is -2.14. The number of aromatic nitrogens is 2. The molecule has 0 amide bonds. The van der Waals surface area contributed by atoms with Crippen LogP contribution in [0.5, 0.6) is 0 Å². The predicted molar refractivity (Wildman–Crippen MR) is 89.6 cm³/mol. The third-order valence-corrected chi connectivity index (χ3v) is 4.27. The van der Waals surface area contributed by atoms with E-state index in [1.165, 1.54) is 0 Å². The Morgan fingerprint density at radius 1 is 1.19 bits per heavy atom. The van der Waals surface area contributed by atoms with Gasteiger partial charge in [-0.05, 0) is 29.5 Å². The molecule has 2 N–H and O–H groups in total. The summed E-state index contributed by atoms with van der Waals surface area (Å²) in [4.78, 5) is 12.1. The van der Waals surface area contributed by atoms with Crippen LogP contribution in [-0.2, 0) is 6.54 Å². The smallest absolute Gasteiger partial charge is 0.141 e. The average Bonchev–Trinajstić information content (AvgIpc) is 2.97. The lowest BCUT2D eigenvalue weighted by Crippen LogP contribution is -2.25. The van der Waals surface area contributed by atoms with Gasteiger partial charge < -0.3 is 10.6 Å². The Kier molecular flexibility index (Phi) is 4.01. The van der Waals surface area contributed by atoms with E-state index in [4.69, 9.17) is 5.73 Å². The summed E-state index contributed by atoms with van der Waals surface area (Å²) in [7, 11) is 0. The largest absolute Gasteiger partial charge is 0.398 e. The molecule has 2 aromatic heterocycles. The highest BCUT2D eigenvalue weighted by atomic mass is 32.1. The molecule has 0 aliphatic heterocycles. The molecule has 1 aromatic carbocycles. The number of nitrogens with zero attached hydrogens (tertiary/aromatic N) is 3. The fourth-order valence-electron chi connectivity index (χ4n) is 2.44. The molecule has 0 bridgehead atoms. The van der Waals surface area contributed by atoms with E-state index in [9.17, 15) is 0 Å². The van der Waals surface area contributed by atoms with E-state index in [1.54, 1.807) is 17.7 Å². The quantitative estimate of drug-likeness (QED) is 0.730. The van der Waals surface area contributed by atoms with Gasteiger partial charge in [-0.3, -0.25) is 0 Å². The monoisotopic (exact) mass is 298 g/mol. The summed E-state index contributed by atoms with van der Waals surface area (Å²) in [5.74, 6) is 0.992. The van der Waals surface area contributed by atoms with Crippen LogP contribution in [0, 0.1) is 0 Å². The van der Waals surface area contributed by atoms with Crippen molar-refractivity contribution in [3.63, 3.8) is 0 Å². The second-order valence-electron chi connectivity index (χ2n) is 4.96. The molecule has 4 nitrogen and oxygen atoms in total. The summed E-state index contributed by atoms with van der Waals surface area (Å²) >= 11 is 1.64. The van der Waals surface area contributed by atoms with E-state index in [-0.39, 0.29) is 0 Å². The maximum atomic E-state index is 6.08. The van der Waals surface area contributed by atoms with Crippen molar-refractivity contribution in [1.29, 1.82) is 0 Å². The first-order valence-corrected chi connectivity index (χ1v) is 7.94. The van der Waals surface area contributed by atoms with Gasteiger partial charge in [0.15, 0.2) is 0 Å². The summed E-state index contributed by atoms with van der Waals surface area (Å²) < 4.78 is 0. The van der Waals surface area contributed by atoms with Crippen molar-refractivity contribution in [2.24, 2.45) is 0 Å². The highest BCUT2D eigenvalue weighted by Gasteiger charge is 2.14. The first-order valence-electron chi connectivity index (χ1n) is 7.06. The maximum absolute atomic E-state index is 6.08. The van der Waals surface area contributed by atoms with Crippen LogP contribution in [0.3, 0.4) is 0 Å². The van der Waals surface area contributed by atoms with Crippen molar-refractivity contribution in [3.05, 3.63) is 47.6 Å². The van der Waals surface area contributed by atoms with Gasteiger partial charge in [0.25, 0.3) is 0 Å². The molecule has 3 rings (SSSR count). The van der Waals surface area contributed by atoms with Crippen LogP contribution in [0.15, 0.2) is 42.0 Å². The van der Waals surface area contributed by atoms with E-state index in [2.05, 4.69) is 39.3 Å². The van der Waals surface area contributed by atoms with Crippen LogP contribution in [0.4, 0.5) is 11.5 Å². The number of fused-ring (bicyclic) bond motifs is 1. The van der Waals surface area contributed by atoms with Crippen molar-refractivity contribution in [2.75, 3.05) is 17.2 Å².